The SMILES string of the molecule is Cc1ccc(C(=O)N2CCC(c3c(C(=O)N4CC[C@H](c5ccccc5)C4)cnn3-c3ccc(Cl)cc3)CC2)cn1. The van der Waals surface area contributed by atoms with Gasteiger partial charge in [0.05, 0.1) is 28.7 Å². The van der Waals surface area contributed by atoms with Crippen LogP contribution >= 0.6 is 11.6 Å². The predicted molar refractivity (Wildman–Crippen MR) is 155 cm³/mol. The normalized spacial score (nSPS) is 17.8. The fourth-order valence-corrected chi connectivity index (χ4v) is 6.07. The number of piperidine rings is 1. The van der Waals surface area contributed by atoms with Crippen LogP contribution in [-0.2, 0) is 0 Å². The minimum atomic E-state index is -0.00233. The molecule has 0 radical (unpaired) electrons. The van der Waals surface area contributed by atoms with Crippen molar-refractivity contribution >= 4 is 23.4 Å². The molecule has 2 aromatic carbocycles. The molecule has 204 valence electrons. The van der Waals surface area contributed by atoms with E-state index in [9.17, 15) is 9.59 Å². The lowest BCUT2D eigenvalue weighted by atomic mass is 9.90. The molecule has 8 heteroatoms. The van der Waals surface area contributed by atoms with E-state index >= 15 is 0 Å². The number of aromatic nitrogens is 3. The molecular formula is C32H32ClN5O2. The second kappa shape index (κ2) is 11.3. The first kappa shape index (κ1) is 26.3. The van der Waals surface area contributed by atoms with Gasteiger partial charge in [-0.3, -0.25) is 14.6 Å². The number of benzene rings is 2. The van der Waals surface area contributed by atoms with Crippen molar-refractivity contribution < 1.29 is 9.59 Å². The van der Waals surface area contributed by atoms with Crippen LogP contribution in [0.15, 0.2) is 79.1 Å². The molecule has 2 aliphatic rings. The summed E-state index contributed by atoms with van der Waals surface area (Å²) >= 11 is 6.17. The number of carbonyl (C=O) groups is 2. The molecule has 4 aromatic rings. The van der Waals surface area contributed by atoms with Crippen molar-refractivity contribution in [3.05, 3.63) is 112 Å². The van der Waals surface area contributed by atoms with E-state index in [1.165, 1.54) is 5.56 Å². The Morgan fingerprint density at radius 3 is 2.20 bits per heavy atom. The molecule has 4 heterocycles. The van der Waals surface area contributed by atoms with E-state index in [1.54, 1.807) is 12.4 Å². The average molecular weight is 554 g/mol. The quantitative estimate of drug-likeness (QED) is 0.309. The van der Waals surface area contributed by atoms with Crippen LogP contribution in [-0.4, -0.2) is 62.6 Å². The standard InChI is InChI=1S/C32H32ClN5O2/c1-22-7-8-25(19-34-22)31(39)36-16-13-24(14-17-36)30-29(20-35-38(30)28-11-9-27(33)10-12-28)32(40)37-18-15-26(21-37)23-5-3-2-4-6-23/h2-12,19-20,24,26H,13-18,21H2,1H3/t26-/m0/s1. The van der Waals surface area contributed by atoms with E-state index in [-0.39, 0.29) is 17.7 Å². The molecule has 2 saturated heterocycles. The Morgan fingerprint density at radius 2 is 1.50 bits per heavy atom. The van der Waals surface area contributed by atoms with Gasteiger partial charge in [-0.15, -0.1) is 0 Å². The zero-order valence-corrected chi connectivity index (χ0v) is 23.3. The highest BCUT2D eigenvalue weighted by molar-refractivity contribution is 6.30. The Balaban J connectivity index is 1.25. The maximum Gasteiger partial charge on any atom is 0.257 e. The summed E-state index contributed by atoms with van der Waals surface area (Å²) in [6, 6.07) is 21.7. The zero-order chi connectivity index (χ0) is 27.6. The number of likely N-dealkylation sites (tertiary alicyclic amines) is 2. The highest BCUT2D eigenvalue weighted by Crippen LogP contribution is 2.35. The maximum atomic E-state index is 14.0. The number of amides is 2. The Hall–Kier alpha value is -3.97. The van der Waals surface area contributed by atoms with Gasteiger partial charge in [0.1, 0.15) is 0 Å². The Morgan fingerprint density at radius 1 is 0.800 bits per heavy atom. The van der Waals surface area contributed by atoms with Gasteiger partial charge >= 0.3 is 0 Å². The molecule has 1 atom stereocenters. The Labute approximate surface area is 239 Å². The highest BCUT2D eigenvalue weighted by atomic mass is 35.5. The van der Waals surface area contributed by atoms with Gasteiger partial charge in [0.2, 0.25) is 0 Å². The van der Waals surface area contributed by atoms with Crippen LogP contribution in [0.25, 0.3) is 5.69 Å². The summed E-state index contributed by atoms with van der Waals surface area (Å²) in [6.07, 6.45) is 5.81. The third-order valence-electron chi connectivity index (χ3n) is 8.18. The van der Waals surface area contributed by atoms with Gasteiger partial charge in [0.25, 0.3) is 11.8 Å². The minimum Gasteiger partial charge on any atom is -0.339 e. The van der Waals surface area contributed by atoms with E-state index in [2.05, 4.69) is 29.2 Å². The third-order valence-corrected chi connectivity index (χ3v) is 8.43. The van der Waals surface area contributed by atoms with Gasteiger partial charge in [0, 0.05) is 54.9 Å². The lowest BCUT2D eigenvalue weighted by molar-refractivity contribution is 0.0706. The van der Waals surface area contributed by atoms with Crippen molar-refractivity contribution in [1.29, 1.82) is 0 Å². The van der Waals surface area contributed by atoms with E-state index in [0.717, 1.165) is 42.9 Å². The van der Waals surface area contributed by atoms with Gasteiger partial charge in [-0.05, 0) is 68.1 Å². The number of hydrogen-bond acceptors (Lipinski definition) is 4. The van der Waals surface area contributed by atoms with Crippen LogP contribution in [0, 0.1) is 6.92 Å². The number of halogens is 1. The van der Waals surface area contributed by atoms with Crippen LogP contribution < -0.4 is 0 Å². The molecule has 6 rings (SSSR count). The van der Waals surface area contributed by atoms with Crippen molar-refractivity contribution in [1.82, 2.24) is 24.6 Å². The lowest BCUT2D eigenvalue weighted by Crippen LogP contribution is -2.39. The molecule has 2 fully saturated rings. The predicted octanol–water partition coefficient (Wildman–Crippen LogP) is 5.88. The number of rotatable bonds is 5. The molecule has 2 amide bonds. The Bertz CT molecular complexity index is 1490. The zero-order valence-electron chi connectivity index (χ0n) is 22.5. The fourth-order valence-electron chi connectivity index (χ4n) is 5.95. The Kier molecular flexibility index (Phi) is 7.39. The van der Waals surface area contributed by atoms with Gasteiger partial charge in [-0.1, -0.05) is 41.9 Å². The molecule has 0 spiro atoms. The summed E-state index contributed by atoms with van der Waals surface area (Å²) in [4.78, 5) is 35.2. The molecule has 2 aliphatic heterocycles. The van der Waals surface area contributed by atoms with Gasteiger partial charge in [-0.25, -0.2) is 4.68 Å². The van der Waals surface area contributed by atoms with Crippen LogP contribution in [0.3, 0.4) is 0 Å². The molecule has 0 saturated carbocycles. The molecule has 0 aliphatic carbocycles. The third kappa shape index (κ3) is 5.26. The molecule has 40 heavy (non-hydrogen) atoms. The lowest BCUT2D eigenvalue weighted by Gasteiger charge is -2.33. The summed E-state index contributed by atoms with van der Waals surface area (Å²) in [5.74, 6) is 0.450. The molecule has 7 nitrogen and oxygen atoms in total. The number of nitrogens with zero attached hydrogens (tertiary/aromatic N) is 5. The van der Waals surface area contributed by atoms with Gasteiger partial charge < -0.3 is 9.80 Å². The highest BCUT2D eigenvalue weighted by Gasteiger charge is 2.34. The second-order valence-electron chi connectivity index (χ2n) is 10.7. The maximum absolute atomic E-state index is 14.0. The molecule has 0 bridgehead atoms. The number of pyridine rings is 1. The molecule has 2 aromatic heterocycles. The fraction of sp³-hybridized carbons (Fsp3) is 0.312. The van der Waals surface area contributed by atoms with E-state index in [1.807, 2.05) is 63.9 Å². The molecule has 0 unspecified atom stereocenters. The monoisotopic (exact) mass is 553 g/mol. The smallest absolute Gasteiger partial charge is 0.257 e. The van der Waals surface area contributed by atoms with E-state index < -0.39 is 0 Å². The van der Waals surface area contributed by atoms with Crippen molar-refractivity contribution in [3.63, 3.8) is 0 Å². The first-order valence-corrected chi connectivity index (χ1v) is 14.3. The van der Waals surface area contributed by atoms with E-state index in [4.69, 9.17) is 16.7 Å². The number of hydrogen-bond donors (Lipinski definition) is 0. The summed E-state index contributed by atoms with van der Waals surface area (Å²) in [6.45, 7) is 4.55. The van der Waals surface area contributed by atoms with Crippen molar-refractivity contribution in [2.45, 2.75) is 38.0 Å². The van der Waals surface area contributed by atoms with Crippen molar-refractivity contribution in [3.8, 4) is 5.69 Å². The van der Waals surface area contributed by atoms with Crippen LogP contribution in [0.4, 0.5) is 0 Å². The first-order chi connectivity index (χ1) is 19.5. The minimum absolute atomic E-state index is 0.00233. The summed E-state index contributed by atoms with van der Waals surface area (Å²) < 4.78 is 1.89. The topological polar surface area (TPSA) is 71.3 Å². The van der Waals surface area contributed by atoms with Crippen LogP contribution in [0.1, 0.15) is 68.8 Å². The average Bonchev–Trinajstić information content (AvgIpc) is 3.66. The summed E-state index contributed by atoms with van der Waals surface area (Å²) in [5.41, 5.74) is 5.20. The molecular weight excluding hydrogens is 522 g/mol. The van der Waals surface area contributed by atoms with Crippen molar-refractivity contribution in [2.75, 3.05) is 26.2 Å². The van der Waals surface area contributed by atoms with Gasteiger partial charge in [0.15, 0.2) is 0 Å². The van der Waals surface area contributed by atoms with Crippen LogP contribution in [0.2, 0.25) is 5.02 Å². The van der Waals surface area contributed by atoms with Crippen LogP contribution in [0.5, 0.6) is 0 Å². The van der Waals surface area contributed by atoms with E-state index in [0.29, 0.717) is 41.7 Å². The number of carbonyl (C=O) groups excluding carboxylic acids is 2. The summed E-state index contributed by atoms with van der Waals surface area (Å²) in [7, 11) is 0. The van der Waals surface area contributed by atoms with Crippen molar-refractivity contribution in [2.24, 2.45) is 0 Å². The first-order valence-electron chi connectivity index (χ1n) is 13.9. The summed E-state index contributed by atoms with van der Waals surface area (Å²) in [5, 5.41) is 5.36. The second-order valence-corrected chi connectivity index (χ2v) is 11.2. The molecule has 0 N–H and O–H groups in total. The largest absolute Gasteiger partial charge is 0.339 e. The number of aryl methyl sites for hydroxylation is 1. The van der Waals surface area contributed by atoms with Gasteiger partial charge in [-0.2, -0.15) is 5.10 Å².